The first kappa shape index (κ1) is 12.0. The lowest BCUT2D eigenvalue weighted by atomic mass is 10.8. The first-order valence-electron chi connectivity index (χ1n) is 3.62. The Morgan fingerprint density at radius 2 is 1.83 bits per heavy atom. The third-order valence-corrected chi connectivity index (χ3v) is 3.80. The fourth-order valence-corrected chi connectivity index (χ4v) is 2.27. The predicted octanol–water partition coefficient (Wildman–Crippen LogP) is 2.88. The molecule has 0 aromatic carbocycles. The van der Waals surface area contributed by atoms with E-state index in [1.54, 1.807) is 0 Å². The Labute approximate surface area is 69.6 Å². The molecule has 0 aliphatic heterocycles. The first-order chi connectivity index (χ1) is 5.33. The van der Waals surface area contributed by atoms with Crippen LogP contribution in [0.1, 0.15) is 13.8 Å². The van der Waals surface area contributed by atoms with Crippen molar-refractivity contribution in [1.29, 1.82) is 0 Å². The van der Waals surface area contributed by atoms with E-state index in [9.17, 15) is 17.7 Å². The van der Waals surface area contributed by atoms with Crippen LogP contribution in [-0.2, 0) is 9.09 Å². The fraction of sp³-hybridized carbons (Fsp3) is 1.00. The fourth-order valence-electron chi connectivity index (χ4n) is 0.757. The predicted molar refractivity (Wildman–Crippen MR) is 40.7 cm³/mol. The average Bonchev–Trinajstić information content (AvgIpc) is 1.84. The van der Waals surface area contributed by atoms with Gasteiger partial charge in [-0.05, 0) is 6.92 Å². The molecule has 0 N–H and O–H groups in total. The van der Waals surface area contributed by atoms with Gasteiger partial charge in [0, 0.05) is 6.16 Å². The van der Waals surface area contributed by atoms with Gasteiger partial charge in [0.15, 0.2) is 0 Å². The van der Waals surface area contributed by atoms with Gasteiger partial charge in [-0.3, -0.25) is 4.57 Å². The van der Waals surface area contributed by atoms with Crippen LogP contribution in [0, 0.1) is 0 Å². The standard InChI is InChI=1S/C6H12F3O2P/c1-3-11-12(10,4-2)5-6(7,8)9/h3-5H2,1-2H3. The summed E-state index contributed by atoms with van der Waals surface area (Å²) in [5.74, 6) is 0. The second-order valence-electron chi connectivity index (χ2n) is 2.32. The molecule has 6 heteroatoms. The Bertz CT molecular complexity index is 178. The molecule has 0 fully saturated rings. The Morgan fingerprint density at radius 3 is 2.08 bits per heavy atom. The molecular weight excluding hydrogens is 192 g/mol. The van der Waals surface area contributed by atoms with Crippen LogP contribution >= 0.6 is 7.37 Å². The Hall–Kier alpha value is -0.0200. The van der Waals surface area contributed by atoms with Crippen molar-refractivity contribution >= 4 is 7.37 Å². The minimum absolute atomic E-state index is 0.0567. The second-order valence-corrected chi connectivity index (χ2v) is 5.16. The molecule has 0 aromatic heterocycles. The van der Waals surface area contributed by atoms with Gasteiger partial charge in [-0.15, -0.1) is 0 Å². The molecule has 0 rings (SSSR count). The zero-order valence-corrected chi connectivity index (χ0v) is 7.91. The van der Waals surface area contributed by atoms with E-state index in [0.717, 1.165) is 0 Å². The van der Waals surface area contributed by atoms with Crippen molar-refractivity contribution in [1.82, 2.24) is 0 Å². The normalized spacial score (nSPS) is 17.4. The van der Waals surface area contributed by atoms with E-state index >= 15 is 0 Å². The molecule has 0 bridgehead atoms. The van der Waals surface area contributed by atoms with Crippen LogP contribution in [0.4, 0.5) is 13.2 Å². The third-order valence-electron chi connectivity index (χ3n) is 1.27. The molecule has 0 aromatic rings. The minimum Gasteiger partial charge on any atom is -0.329 e. The molecule has 74 valence electrons. The van der Waals surface area contributed by atoms with Crippen molar-refractivity contribution in [3.63, 3.8) is 0 Å². The van der Waals surface area contributed by atoms with Gasteiger partial charge in [0.05, 0.1) is 6.61 Å². The molecule has 0 aliphatic rings. The van der Waals surface area contributed by atoms with Gasteiger partial charge in [0.2, 0.25) is 7.37 Å². The summed E-state index contributed by atoms with van der Waals surface area (Å²) in [7, 11) is -3.45. The van der Waals surface area contributed by atoms with Crippen LogP contribution in [0.25, 0.3) is 0 Å². The second kappa shape index (κ2) is 4.28. The summed E-state index contributed by atoms with van der Waals surface area (Å²) in [5.41, 5.74) is 0. The number of rotatable bonds is 4. The molecule has 0 radical (unpaired) electrons. The highest BCUT2D eigenvalue weighted by Gasteiger charge is 2.38. The Kier molecular flexibility index (Phi) is 4.28. The summed E-state index contributed by atoms with van der Waals surface area (Å²) in [6.07, 6.45) is -5.79. The van der Waals surface area contributed by atoms with E-state index in [0.29, 0.717) is 0 Å². The lowest BCUT2D eigenvalue weighted by molar-refractivity contribution is -0.108. The zero-order chi connectivity index (χ0) is 9.83. The monoisotopic (exact) mass is 204 g/mol. The smallest absolute Gasteiger partial charge is 0.329 e. The van der Waals surface area contributed by atoms with Crippen molar-refractivity contribution in [3.05, 3.63) is 0 Å². The number of hydrogen-bond donors (Lipinski definition) is 0. The molecule has 2 nitrogen and oxygen atoms in total. The molecule has 0 saturated carbocycles. The van der Waals surface area contributed by atoms with Crippen molar-refractivity contribution in [3.8, 4) is 0 Å². The van der Waals surface area contributed by atoms with Crippen LogP contribution in [0.3, 0.4) is 0 Å². The highest BCUT2D eigenvalue weighted by molar-refractivity contribution is 7.59. The highest BCUT2D eigenvalue weighted by Crippen LogP contribution is 2.50. The maximum atomic E-state index is 11.8. The molecular formula is C6H12F3O2P. The van der Waals surface area contributed by atoms with Crippen molar-refractivity contribution in [2.45, 2.75) is 20.0 Å². The summed E-state index contributed by atoms with van der Waals surface area (Å²) in [6, 6.07) is 0. The quantitative estimate of drug-likeness (QED) is 0.658. The van der Waals surface area contributed by atoms with Crippen LogP contribution in [0.2, 0.25) is 0 Å². The van der Waals surface area contributed by atoms with E-state index in [2.05, 4.69) is 4.52 Å². The van der Waals surface area contributed by atoms with E-state index in [4.69, 9.17) is 0 Å². The topological polar surface area (TPSA) is 26.3 Å². The summed E-state index contributed by atoms with van der Waals surface area (Å²) >= 11 is 0. The van der Waals surface area contributed by atoms with Crippen molar-refractivity contribution in [2.24, 2.45) is 0 Å². The minimum atomic E-state index is -4.40. The maximum Gasteiger partial charge on any atom is 0.397 e. The third kappa shape index (κ3) is 4.78. The summed E-state index contributed by atoms with van der Waals surface area (Å²) in [5, 5.41) is 0. The zero-order valence-electron chi connectivity index (χ0n) is 7.02. The van der Waals surface area contributed by atoms with Gasteiger partial charge >= 0.3 is 6.18 Å². The summed E-state index contributed by atoms with van der Waals surface area (Å²) in [6.45, 7) is 3.02. The van der Waals surface area contributed by atoms with Crippen molar-refractivity contribution < 1.29 is 22.3 Å². The lowest BCUT2D eigenvalue weighted by Crippen LogP contribution is -2.16. The van der Waals surface area contributed by atoms with Gasteiger partial charge in [-0.2, -0.15) is 13.2 Å². The maximum absolute atomic E-state index is 11.8. The largest absolute Gasteiger partial charge is 0.397 e. The van der Waals surface area contributed by atoms with Gasteiger partial charge in [-0.25, -0.2) is 0 Å². The van der Waals surface area contributed by atoms with Crippen LogP contribution in [-0.4, -0.2) is 25.1 Å². The van der Waals surface area contributed by atoms with Crippen LogP contribution in [0.5, 0.6) is 0 Å². The molecule has 0 spiro atoms. The van der Waals surface area contributed by atoms with Gasteiger partial charge < -0.3 is 4.52 Å². The van der Waals surface area contributed by atoms with E-state index in [-0.39, 0.29) is 12.8 Å². The number of halogens is 3. The number of hydrogen-bond acceptors (Lipinski definition) is 2. The molecule has 1 atom stereocenters. The van der Waals surface area contributed by atoms with Crippen LogP contribution < -0.4 is 0 Å². The van der Waals surface area contributed by atoms with Gasteiger partial charge in [0.25, 0.3) is 0 Å². The molecule has 12 heavy (non-hydrogen) atoms. The lowest BCUT2D eigenvalue weighted by Gasteiger charge is -2.17. The molecule has 0 heterocycles. The molecule has 0 aliphatic carbocycles. The Balaban J connectivity index is 4.25. The summed E-state index contributed by atoms with van der Waals surface area (Å²) < 4.78 is 51.3. The average molecular weight is 204 g/mol. The Morgan fingerprint density at radius 1 is 1.33 bits per heavy atom. The number of alkyl halides is 3. The summed E-state index contributed by atoms with van der Waals surface area (Å²) in [4.78, 5) is 0. The van der Waals surface area contributed by atoms with Crippen molar-refractivity contribution in [2.75, 3.05) is 18.9 Å². The molecule has 0 saturated heterocycles. The van der Waals surface area contributed by atoms with E-state index in [1.165, 1.54) is 13.8 Å². The van der Waals surface area contributed by atoms with E-state index in [1.807, 2.05) is 0 Å². The van der Waals surface area contributed by atoms with Crippen LogP contribution in [0.15, 0.2) is 0 Å². The van der Waals surface area contributed by atoms with Gasteiger partial charge in [-0.1, -0.05) is 6.92 Å². The highest BCUT2D eigenvalue weighted by atomic mass is 31.2. The van der Waals surface area contributed by atoms with E-state index < -0.39 is 19.7 Å². The van der Waals surface area contributed by atoms with Gasteiger partial charge in [0.1, 0.15) is 6.16 Å². The molecule has 1 unspecified atom stereocenters. The first-order valence-corrected chi connectivity index (χ1v) is 5.62. The SMILES string of the molecule is CCOP(=O)(CC)CC(F)(F)F. The molecule has 0 amide bonds.